The Balaban J connectivity index is 2.34. The highest BCUT2D eigenvalue weighted by molar-refractivity contribution is 5.33. The SMILES string of the molecule is CN(C)C(OCc1cc(C(F)(F)F)cc(C(F)(F)F)c1)C(C)(C)c1ccccc1. The molecule has 0 saturated carbocycles. The number of rotatable bonds is 6. The van der Waals surface area contributed by atoms with Crippen LogP contribution in [0.2, 0.25) is 0 Å². The maximum atomic E-state index is 13.1. The van der Waals surface area contributed by atoms with Crippen molar-refractivity contribution < 1.29 is 31.1 Å². The molecule has 0 aliphatic carbocycles. The van der Waals surface area contributed by atoms with Gasteiger partial charge in [-0.05, 0) is 43.4 Å². The summed E-state index contributed by atoms with van der Waals surface area (Å²) in [5, 5.41) is 0. The van der Waals surface area contributed by atoms with Crippen LogP contribution < -0.4 is 0 Å². The monoisotopic (exact) mass is 419 g/mol. The van der Waals surface area contributed by atoms with Crippen molar-refractivity contribution in [2.45, 2.75) is 44.4 Å². The number of likely N-dealkylation sites (N-methyl/N-ethyl adjacent to an activating group) is 1. The van der Waals surface area contributed by atoms with Crippen LogP contribution in [0, 0.1) is 0 Å². The second-order valence-corrected chi connectivity index (χ2v) is 7.63. The van der Waals surface area contributed by atoms with Crippen LogP contribution >= 0.6 is 0 Å². The zero-order chi connectivity index (χ0) is 22.0. The lowest BCUT2D eigenvalue weighted by Gasteiger charge is -2.39. The van der Waals surface area contributed by atoms with Crippen molar-refractivity contribution >= 4 is 0 Å². The smallest absolute Gasteiger partial charge is 0.358 e. The summed E-state index contributed by atoms with van der Waals surface area (Å²) >= 11 is 0. The number of alkyl halides is 6. The zero-order valence-corrected chi connectivity index (χ0v) is 16.5. The summed E-state index contributed by atoms with van der Waals surface area (Å²) in [6.07, 6.45) is -10.4. The van der Waals surface area contributed by atoms with Gasteiger partial charge in [0, 0.05) is 5.41 Å². The maximum Gasteiger partial charge on any atom is 0.416 e. The van der Waals surface area contributed by atoms with Crippen LogP contribution in [0.15, 0.2) is 48.5 Å². The van der Waals surface area contributed by atoms with Crippen molar-refractivity contribution in [1.82, 2.24) is 4.90 Å². The third-order valence-electron chi connectivity index (χ3n) is 4.66. The van der Waals surface area contributed by atoms with Gasteiger partial charge in [-0.1, -0.05) is 44.2 Å². The van der Waals surface area contributed by atoms with E-state index in [0.29, 0.717) is 12.1 Å². The van der Waals surface area contributed by atoms with Gasteiger partial charge in [0.25, 0.3) is 0 Å². The third-order valence-corrected chi connectivity index (χ3v) is 4.66. The molecular weight excluding hydrogens is 396 g/mol. The van der Waals surface area contributed by atoms with E-state index in [9.17, 15) is 26.3 Å². The molecule has 1 atom stereocenters. The molecule has 0 amide bonds. The molecule has 29 heavy (non-hydrogen) atoms. The van der Waals surface area contributed by atoms with Crippen LogP contribution in [-0.2, 0) is 29.1 Å². The molecule has 2 nitrogen and oxygen atoms in total. The lowest BCUT2D eigenvalue weighted by molar-refractivity contribution is -0.143. The molecule has 1 unspecified atom stereocenters. The van der Waals surface area contributed by atoms with E-state index in [4.69, 9.17) is 4.74 Å². The molecule has 0 bridgehead atoms. The Kier molecular flexibility index (Phi) is 6.69. The fraction of sp³-hybridized carbons (Fsp3) is 0.429. The molecule has 0 spiro atoms. The molecule has 0 aliphatic rings. The van der Waals surface area contributed by atoms with Gasteiger partial charge in [0.15, 0.2) is 0 Å². The molecule has 0 saturated heterocycles. The summed E-state index contributed by atoms with van der Waals surface area (Å²) in [6, 6.07) is 10.8. The van der Waals surface area contributed by atoms with E-state index in [1.165, 1.54) is 0 Å². The summed E-state index contributed by atoms with van der Waals surface area (Å²) in [4.78, 5) is 1.74. The fourth-order valence-corrected chi connectivity index (χ4v) is 3.29. The molecular formula is C21H23F6NO. The highest BCUT2D eigenvalue weighted by Gasteiger charge is 2.38. The van der Waals surface area contributed by atoms with Crippen molar-refractivity contribution in [3.63, 3.8) is 0 Å². The Morgan fingerprint density at radius 3 is 1.69 bits per heavy atom. The van der Waals surface area contributed by atoms with Gasteiger partial charge in [0.1, 0.15) is 6.23 Å². The lowest BCUT2D eigenvalue weighted by Crippen LogP contribution is -2.46. The van der Waals surface area contributed by atoms with Gasteiger partial charge in [-0.25, -0.2) is 0 Å². The number of nitrogens with zero attached hydrogens (tertiary/aromatic N) is 1. The number of hydrogen-bond acceptors (Lipinski definition) is 2. The minimum atomic E-state index is -4.89. The number of hydrogen-bond donors (Lipinski definition) is 0. The Bertz CT molecular complexity index is 780. The summed E-state index contributed by atoms with van der Waals surface area (Å²) in [7, 11) is 3.48. The Hall–Kier alpha value is -2.06. The van der Waals surface area contributed by atoms with Crippen molar-refractivity contribution in [2.75, 3.05) is 14.1 Å². The quantitative estimate of drug-likeness (QED) is 0.414. The third kappa shape index (κ3) is 5.73. The summed E-state index contributed by atoms with van der Waals surface area (Å²) in [6.45, 7) is 3.41. The van der Waals surface area contributed by atoms with Crippen molar-refractivity contribution in [1.29, 1.82) is 0 Å². The molecule has 2 aromatic rings. The Morgan fingerprint density at radius 1 is 0.793 bits per heavy atom. The van der Waals surface area contributed by atoms with Crippen LogP contribution in [0.3, 0.4) is 0 Å². The molecule has 0 aromatic heterocycles. The predicted octanol–water partition coefficient (Wildman–Crippen LogP) is 6.11. The van der Waals surface area contributed by atoms with Gasteiger partial charge in [0.05, 0.1) is 17.7 Å². The van der Waals surface area contributed by atoms with E-state index in [2.05, 4.69) is 0 Å². The molecule has 2 aromatic carbocycles. The lowest BCUT2D eigenvalue weighted by atomic mass is 9.82. The molecule has 2 rings (SSSR count). The minimum absolute atomic E-state index is 0.112. The first-order chi connectivity index (χ1) is 13.2. The van der Waals surface area contributed by atoms with Crippen molar-refractivity contribution in [3.05, 3.63) is 70.8 Å². The second-order valence-electron chi connectivity index (χ2n) is 7.63. The van der Waals surface area contributed by atoms with E-state index in [0.717, 1.165) is 5.56 Å². The summed E-state index contributed by atoms with van der Waals surface area (Å²) in [5.74, 6) is 0. The van der Waals surface area contributed by atoms with E-state index < -0.39 is 41.7 Å². The van der Waals surface area contributed by atoms with Gasteiger partial charge in [-0.3, -0.25) is 4.90 Å². The second kappa shape index (κ2) is 8.36. The molecule has 8 heteroatoms. The molecule has 0 heterocycles. The van der Waals surface area contributed by atoms with E-state index in [-0.39, 0.29) is 11.6 Å². The van der Waals surface area contributed by atoms with Crippen LogP contribution in [0.5, 0.6) is 0 Å². The first-order valence-corrected chi connectivity index (χ1v) is 8.85. The first kappa shape index (κ1) is 23.2. The van der Waals surface area contributed by atoms with Crippen LogP contribution in [0.4, 0.5) is 26.3 Å². The van der Waals surface area contributed by atoms with E-state index in [1.807, 2.05) is 44.2 Å². The topological polar surface area (TPSA) is 12.5 Å². The molecule has 0 radical (unpaired) electrons. The number of benzene rings is 2. The van der Waals surface area contributed by atoms with Crippen molar-refractivity contribution in [3.8, 4) is 0 Å². The molecule has 160 valence electrons. The fourth-order valence-electron chi connectivity index (χ4n) is 3.29. The summed E-state index contributed by atoms with van der Waals surface area (Å²) in [5.41, 5.74) is -2.54. The van der Waals surface area contributed by atoms with Gasteiger partial charge >= 0.3 is 12.4 Å². The van der Waals surface area contributed by atoms with Crippen molar-refractivity contribution in [2.24, 2.45) is 0 Å². The van der Waals surface area contributed by atoms with E-state index >= 15 is 0 Å². The van der Waals surface area contributed by atoms with Gasteiger partial charge in [-0.2, -0.15) is 26.3 Å². The first-order valence-electron chi connectivity index (χ1n) is 8.85. The number of halogens is 6. The van der Waals surface area contributed by atoms with E-state index in [1.54, 1.807) is 19.0 Å². The standard InChI is InChI=1S/C21H23F6NO/c1-19(2,15-8-6-5-7-9-15)18(28(3)4)29-13-14-10-16(20(22,23)24)12-17(11-14)21(25,26)27/h5-12,18H,13H2,1-4H3. The normalized spacial score (nSPS) is 14.3. The van der Waals surface area contributed by atoms with Crippen LogP contribution in [0.1, 0.15) is 36.1 Å². The molecule has 0 aliphatic heterocycles. The van der Waals surface area contributed by atoms with Gasteiger partial charge in [-0.15, -0.1) is 0 Å². The minimum Gasteiger partial charge on any atom is -0.358 e. The average Bonchev–Trinajstić information content (AvgIpc) is 2.60. The Morgan fingerprint density at radius 2 is 1.28 bits per heavy atom. The molecule has 0 N–H and O–H groups in total. The van der Waals surface area contributed by atoms with Crippen LogP contribution in [0.25, 0.3) is 0 Å². The average molecular weight is 419 g/mol. The highest BCUT2D eigenvalue weighted by atomic mass is 19.4. The van der Waals surface area contributed by atoms with Crippen LogP contribution in [-0.4, -0.2) is 25.2 Å². The van der Waals surface area contributed by atoms with Gasteiger partial charge < -0.3 is 4.74 Å². The largest absolute Gasteiger partial charge is 0.416 e. The predicted molar refractivity (Wildman–Crippen MR) is 98.2 cm³/mol. The maximum absolute atomic E-state index is 13.1. The summed E-state index contributed by atoms with van der Waals surface area (Å²) < 4.78 is 84.2. The zero-order valence-electron chi connectivity index (χ0n) is 16.5. The number of ether oxygens (including phenoxy) is 1. The highest BCUT2D eigenvalue weighted by Crippen LogP contribution is 2.37. The Labute approximate surface area is 166 Å². The molecule has 0 fully saturated rings. The van der Waals surface area contributed by atoms with Gasteiger partial charge in [0.2, 0.25) is 0 Å².